The van der Waals surface area contributed by atoms with Crippen molar-refractivity contribution in [3.05, 3.63) is 28.7 Å². The number of aliphatic hydroxyl groups excluding tert-OH is 1. The van der Waals surface area contributed by atoms with Crippen LogP contribution in [0.2, 0.25) is 0 Å². The quantitative estimate of drug-likeness (QED) is 0.832. The molecule has 1 aromatic carbocycles. The van der Waals surface area contributed by atoms with E-state index in [0.29, 0.717) is 5.69 Å². The first-order valence-corrected chi connectivity index (χ1v) is 4.63. The molecule has 1 amide bonds. The summed E-state index contributed by atoms with van der Waals surface area (Å²) in [5.74, 6) is -0.405. The highest BCUT2D eigenvalue weighted by molar-refractivity contribution is 9.10. The van der Waals surface area contributed by atoms with Crippen LogP contribution in [0.4, 0.5) is 5.69 Å². The number of hydrogen-bond acceptors (Lipinski definition) is 2. The van der Waals surface area contributed by atoms with Crippen molar-refractivity contribution in [3.63, 3.8) is 0 Å². The highest BCUT2D eigenvalue weighted by atomic mass is 79.9. The second kappa shape index (κ2) is 4.39. The van der Waals surface area contributed by atoms with Gasteiger partial charge >= 0.3 is 0 Å². The maximum Gasteiger partial charge on any atom is 0.252 e. The number of anilines is 1. The van der Waals surface area contributed by atoms with E-state index >= 15 is 0 Å². The first-order chi connectivity index (χ1) is 6.09. The summed E-state index contributed by atoms with van der Waals surface area (Å²) in [6.45, 7) is 1.42. The molecule has 0 bridgehead atoms. The Morgan fingerprint density at radius 2 is 2.31 bits per heavy atom. The van der Waals surface area contributed by atoms with Gasteiger partial charge in [0.15, 0.2) is 0 Å². The molecule has 70 valence electrons. The molecular weight excluding hydrogens is 234 g/mol. The fraction of sp³-hybridized carbons (Fsp3) is 0.222. The molecule has 13 heavy (non-hydrogen) atoms. The molecule has 0 saturated carbocycles. The van der Waals surface area contributed by atoms with E-state index in [4.69, 9.17) is 5.11 Å². The largest absolute Gasteiger partial charge is 0.384 e. The molecule has 0 radical (unpaired) electrons. The van der Waals surface area contributed by atoms with Crippen LogP contribution in [0.5, 0.6) is 0 Å². The highest BCUT2D eigenvalue weighted by Gasteiger charge is 2.07. The molecule has 0 unspecified atom stereocenters. The van der Waals surface area contributed by atoms with E-state index in [2.05, 4.69) is 21.2 Å². The van der Waals surface area contributed by atoms with Crippen LogP contribution in [0.3, 0.4) is 0 Å². The SMILES string of the molecule is C[C@H](O)C(=O)Nc1cccc(Br)c1. The molecule has 2 N–H and O–H groups in total. The van der Waals surface area contributed by atoms with Crippen molar-refractivity contribution in [1.29, 1.82) is 0 Å². The normalized spacial score (nSPS) is 12.2. The number of aliphatic hydroxyl groups is 1. The topological polar surface area (TPSA) is 49.3 Å². The zero-order chi connectivity index (χ0) is 9.84. The van der Waals surface area contributed by atoms with Crippen LogP contribution in [0.15, 0.2) is 28.7 Å². The van der Waals surface area contributed by atoms with Gasteiger partial charge in [-0.2, -0.15) is 0 Å². The van der Waals surface area contributed by atoms with E-state index in [1.165, 1.54) is 6.92 Å². The molecule has 0 spiro atoms. The van der Waals surface area contributed by atoms with Gasteiger partial charge in [-0.05, 0) is 25.1 Å². The van der Waals surface area contributed by atoms with Gasteiger partial charge in [-0.15, -0.1) is 0 Å². The summed E-state index contributed by atoms with van der Waals surface area (Å²) in [6.07, 6.45) is -0.987. The fourth-order valence-electron chi connectivity index (χ4n) is 0.813. The van der Waals surface area contributed by atoms with E-state index in [1.54, 1.807) is 12.1 Å². The first-order valence-electron chi connectivity index (χ1n) is 3.84. The van der Waals surface area contributed by atoms with E-state index in [1.807, 2.05) is 12.1 Å². The maximum atomic E-state index is 11.0. The number of amides is 1. The van der Waals surface area contributed by atoms with Gasteiger partial charge in [-0.1, -0.05) is 22.0 Å². The Kier molecular flexibility index (Phi) is 3.45. The number of nitrogens with one attached hydrogen (secondary N) is 1. The third-order valence-electron chi connectivity index (χ3n) is 1.47. The molecule has 1 rings (SSSR count). The van der Waals surface area contributed by atoms with Gasteiger partial charge in [0.25, 0.3) is 5.91 Å². The van der Waals surface area contributed by atoms with Gasteiger partial charge in [0, 0.05) is 10.2 Å². The molecule has 1 aromatic rings. The lowest BCUT2D eigenvalue weighted by molar-refractivity contribution is -0.123. The van der Waals surface area contributed by atoms with Gasteiger partial charge in [0.1, 0.15) is 6.10 Å². The third-order valence-corrected chi connectivity index (χ3v) is 1.96. The van der Waals surface area contributed by atoms with Crippen molar-refractivity contribution in [1.82, 2.24) is 0 Å². The Labute approximate surface area is 84.9 Å². The number of carbonyl (C=O) groups is 1. The highest BCUT2D eigenvalue weighted by Crippen LogP contribution is 2.15. The zero-order valence-electron chi connectivity index (χ0n) is 7.12. The predicted octanol–water partition coefficient (Wildman–Crippen LogP) is 1.77. The summed E-state index contributed by atoms with van der Waals surface area (Å²) in [6, 6.07) is 7.19. The number of rotatable bonds is 2. The monoisotopic (exact) mass is 243 g/mol. The van der Waals surface area contributed by atoms with Gasteiger partial charge in [-0.3, -0.25) is 4.79 Å². The number of halogens is 1. The number of hydrogen-bond donors (Lipinski definition) is 2. The average molecular weight is 244 g/mol. The van der Waals surface area contributed by atoms with Gasteiger partial charge in [-0.25, -0.2) is 0 Å². The van der Waals surface area contributed by atoms with Crippen LogP contribution in [0.1, 0.15) is 6.92 Å². The van der Waals surface area contributed by atoms with Crippen LogP contribution in [0, 0.1) is 0 Å². The van der Waals surface area contributed by atoms with Crippen LogP contribution in [0.25, 0.3) is 0 Å². The molecule has 0 aromatic heterocycles. The fourth-order valence-corrected chi connectivity index (χ4v) is 1.21. The number of benzene rings is 1. The summed E-state index contributed by atoms with van der Waals surface area (Å²) >= 11 is 3.28. The van der Waals surface area contributed by atoms with Gasteiger partial charge in [0.05, 0.1) is 0 Å². The van der Waals surface area contributed by atoms with Crippen LogP contribution < -0.4 is 5.32 Å². The Bertz CT molecular complexity index is 312. The van der Waals surface area contributed by atoms with E-state index in [0.717, 1.165) is 4.47 Å². The smallest absolute Gasteiger partial charge is 0.252 e. The Morgan fingerprint density at radius 3 is 2.85 bits per heavy atom. The van der Waals surface area contributed by atoms with Crippen molar-refractivity contribution < 1.29 is 9.90 Å². The molecular formula is C9H10BrNO2. The molecule has 1 atom stereocenters. The van der Waals surface area contributed by atoms with E-state index in [9.17, 15) is 4.79 Å². The van der Waals surface area contributed by atoms with Crippen molar-refractivity contribution in [3.8, 4) is 0 Å². The molecule has 0 aliphatic heterocycles. The summed E-state index contributed by atoms with van der Waals surface area (Å²) in [5, 5.41) is 11.5. The Hall–Kier alpha value is -0.870. The zero-order valence-corrected chi connectivity index (χ0v) is 8.71. The van der Waals surface area contributed by atoms with Crippen molar-refractivity contribution >= 4 is 27.5 Å². The summed E-state index contributed by atoms with van der Waals surface area (Å²) in [4.78, 5) is 11.0. The maximum absolute atomic E-state index is 11.0. The second-order valence-electron chi connectivity index (χ2n) is 2.68. The molecule has 0 fully saturated rings. The van der Waals surface area contributed by atoms with Crippen LogP contribution in [-0.4, -0.2) is 17.1 Å². The summed E-state index contributed by atoms with van der Waals surface area (Å²) in [5.41, 5.74) is 0.667. The lowest BCUT2D eigenvalue weighted by Gasteiger charge is -2.06. The van der Waals surface area contributed by atoms with E-state index < -0.39 is 12.0 Å². The standard InChI is InChI=1S/C9H10BrNO2/c1-6(12)9(13)11-8-4-2-3-7(10)5-8/h2-6,12H,1H3,(H,11,13)/t6-/m0/s1. The summed E-state index contributed by atoms with van der Waals surface area (Å²) < 4.78 is 0.885. The van der Waals surface area contributed by atoms with Crippen molar-refractivity contribution in [2.45, 2.75) is 13.0 Å². The minimum Gasteiger partial charge on any atom is -0.384 e. The Balaban J connectivity index is 2.69. The minimum absolute atomic E-state index is 0.405. The molecule has 0 heterocycles. The number of carbonyl (C=O) groups excluding carboxylic acids is 1. The predicted molar refractivity (Wildman–Crippen MR) is 54.5 cm³/mol. The van der Waals surface area contributed by atoms with Gasteiger partial charge < -0.3 is 10.4 Å². The molecule has 0 aliphatic rings. The molecule has 4 heteroatoms. The van der Waals surface area contributed by atoms with Gasteiger partial charge in [0.2, 0.25) is 0 Å². The van der Waals surface area contributed by atoms with Crippen molar-refractivity contribution in [2.24, 2.45) is 0 Å². The lowest BCUT2D eigenvalue weighted by atomic mass is 10.3. The molecule has 0 saturated heterocycles. The minimum atomic E-state index is -0.987. The Morgan fingerprint density at radius 1 is 1.62 bits per heavy atom. The first kappa shape index (κ1) is 10.2. The van der Waals surface area contributed by atoms with Crippen LogP contribution >= 0.6 is 15.9 Å². The second-order valence-corrected chi connectivity index (χ2v) is 3.59. The lowest BCUT2D eigenvalue weighted by Crippen LogP contribution is -2.24. The average Bonchev–Trinajstić information content (AvgIpc) is 2.04. The van der Waals surface area contributed by atoms with Crippen LogP contribution in [-0.2, 0) is 4.79 Å². The van der Waals surface area contributed by atoms with Crippen molar-refractivity contribution in [2.75, 3.05) is 5.32 Å². The molecule has 3 nitrogen and oxygen atoms in total. The van der Waals surface area contributed by atoms with E-state index in [-0.39, 0.29) is 0 Å². The third kappa shape index (κ3) is 3.16. The summed E-state index contributed by atoms with van der Waals surface area (Å²) in [7, 11) is 0. The molecule has 0 aliphatic carbocycles.